The van der Waals surface area contributed by atoms with Crippen LogP contribution in [-0.4, -0.2) is 42.4 Å². The van der Waals surface area contributed by atoms with Gasteiger partial charge in [-0.3, -0.25) is 4.79 Å². The molecule has 23 heavy (non-hydrogen) atoms. The van der Waals surface area contributed by atoms with Gasteiger partial charge in [-0.2, -0.15) is 0 Å². The van der Waals surface area contributed by atoms with Crippen LogP contribution in [0.15, 0.2) is 36.7 Å². The average Bonchev–Trinajstić information content (AvgIpc) is 2.96. The number of methoxy groups -OCH3 is 1. The van der Waals surface area contributed by atoms with E-state index in [1.54, 1.807) is 25.4 Å². The zero-order chi connectivity index (χ0) is 16.7. The van der Waals surface area contributed by atoms with Gasteiger partial charge in [0.05, 0.1) is 13.2 Å². The molecule has 0 saturated heterocycles. The van der Waals surface area contributed by atoms with Crippen LogP contribution < -0.4 is 5.32 Å². The lowest BCUT2D eigenvalue weighted by atomic mass is 10.1. The third kappa shape index (κ3) is 5.06. The van der Waals surface area contributed by atoms with Crippen LogP contribution in [0.25, 0.3) is 0 Å². The fourth-order valence-corrected chi connectivity index (χ4v) is 2.24. The lowest BCUT2D eigenvalue weighted by Gasteiger charge is -2.19. The fourth-order valence-electron chi connectivity index (χ4n) is 2.12. The number of nitrogens with one attached hydrogen (secondary N) is 1. The van der Waals surface area contributed by atoms with Gasteiger partial charge in [-0.25, -0.2) is 4.98 Å². The number of rotatable bonds is 8. The summed E-state index contributed by atoms with van der Waals surface area (Å²) in [5.74, 6) is 0.515. The molecular formula is C16H20ClN3O3. The third-order valence-electron chi connectivity index (χ3n) is 3.29. The Morgan fingerprint density at radius 2 is 2.09 bits per heavy atom. The Morgan fingerprint density at radius 1 is 1.35 bits per heavy atom. The van der Waals surface area contributed by atoms with Gasteiger partial charge in [-0.15, -0.1) is 0 Å². The SMILES string of the molecule is COCCOCC(=O)N[C@@H](c1ccc(Cl)cc1)c1nccn1C. The van der Waals surface area contributed by atoms with Gasteiger partial charge in [0.25, 0.3) is 0 Å². The molecular weight excluding hydrogens is 318 g/mol. The van der Waals surface area contributed by atoms with Crippen molar-refractivity contribution in [3.05, 3.63) is 53.1 Å². The Morgan fingerprint density at radius 3 is 2.70 bits per heavy atom. The highest BCUT2D eigenvalue weighted by Gasteiger charge is 2.20. The maximum Gasteiger partial charge on any atom is 0.246 e. The highest BCUT2D eigenvalue weighted by Crippen LogP contribution is 2.22. The number of aryl methyl sites for hydroxylation is 1. The summed E-state index contributed by atoms with van der Waals surface area (Å²) >= 11 is 5.94. The zero-order valence-corrected chi connectivity index (χ0v) is 13.9. The van der Waals surface area contributed by atoms with E-state index in [1.807, 2.05) is 29.9 Å². The predicted octanol–water partition coefficient (Wildman–Crippen LogP) is 1.94. The number of nitrogens with zero attached hydrogens (tertiary/aromatic N) is 2. The Hall–Kier alpha value is -1.89. The molecule has 0 saturated carbocycles. The van der Waals surface area contributed by atoms with Crippen molar-refractivity contribution in [2.75, 3.05) is 26.9 Å². The summed E-state index contributed by atoms with van der Waals surface area (Å²) in [6.07, 6.45) is 3.53. The van der Waals surface area contributed by atoms with Crippen LogP contribution in [0.4, 0.5) is 0 Å². The molecule has 6 nitrogen and oxygen atoms in total. The second-order valence-electron chi connectivity index (χ2n) is 4.99. The minimum Gasteiger partial charge on any atom is -0.382 e. The van der Waals surface area contributed by atoms with Crippen molar-refractivity contribution in [3.8, 4) is 0 Å². The maximum atomic E-state index is 12.1. The van der Waals surface area contributed by atoms with Gasteiger partial charge in [0.2, 0.25) is 5.91 Å². The van der Waals surface area contributed by atoms with Crippen LogP contribution >= 0.6 is 11.6 Å². The molecule has 0 bridgehead atoms. The number of imidazole rings is 1. The van der Waals surface area contributed by atoms with Gasteiger partial charge in [-0.05, 0) is 17.7 Å². The van der Waals surface area contributed by atoms with Crippen molar-refractivity contribution >= 4 is 17.5 Å². The molecule has 1 aromatic heterocycles. The van der Waals surface area contributed by atoms with Gasteiger partial charge in [0.1, 0.15) is 18.5 Å². The molecule has 1 atom stereocenters. The first-order chi connectivity index (χ1) is 11.1. The predicted molar refractivity (Wildman–Crippen MR) is 87.3 cm³/mol. The lowest BCUT2D eigenvalue weighted by Crippen LogP contribution is -2.34. The number of amides is 1. The summed E-state index contributed by atoms with van der Waals surface area (Å²) < 4.78 is 12.0. The van der Waals surface area contributed by atoms with E-state index in [1.165, 1.54) is 0 Å². The number of hydrogen-bond acceptors (Lipinski definition) is 4. The summed E-state index contributed by atoms with van der Waals surface area (Å²) in [4.78, 5) is 16.5. The normalized spacial score (nSPS) is 12.1. The molecule has 0 fully saturated rings. The van der Waals surface area contributed by atoms with Gasteiger partial charge in [0, 0.05) is 31.6 Å². The topological polar surface area (TPSA) is 65.4 Å². The van der Waals surface area contributed by atoms with Crippen molar-refractivity contribution in [3.63, 3.8) is 0 Å². The quantitative estimate of drug-likeness (QED) is 0.748. The Labute approximate surface area is 140 Å². The molecule has 1 amide bonds. The minimum absolute atomic E-state index is 0.0299. The van der Waals surface area contributed by atoms with E-state index in [-0.39, 0.29) is 18.6 Å². The minimum atomic E-state index is -0.370. The van der Waals surface area contributed by atoms with Crippen LogP contribution in [-0.2, 0) is 21.3 Å². The van der Waals surface area contributed by atoms with Crippen LogP contribution in [0.1, 0.15) is 17.4 Å². The molecule has 0 aliphatic rings. The molecule has 1 heterocycles. The summed E-state index contributed by atoms with van der Waals surface area (Å²) in [6, 6.07) is 6.94. The van der Waals surface area contributed by atoms with Crippen molar-refractivity contribution in [2.24, 2.45) is 7.05 Å². The molecule has 0 spiro atoms. The first-order valence-corrected chi connectivity index (χ1v) is 7.58. The van der Waals surface area contributed by atoms with Gasteiger partial charge >= 0.3 is 0 Å². The Balaban J connectivity index is 2.10. The largest absolute Gasteiger partial charge is 0.382 e. The van der Waals surface area contributed by atoms with Crippen LogP contribution in [0.3, 0.4) is 0 Å². The lowest BCUT2D eigenvalue weighted by molar-refractivity contribution is -0.126. The molecule has 2 rings (SSSR count). The third-order valence-corrected chi connectivity index (χ3v) is 3.54. The molecule has 0 aliphatic heterocycles. The number of carbonyl (C=O) groups is 1. The highest BCUT2D eigenvalue weighted by atomic mass is 35.5. The first-order valence-electron chi connectivity index (χ1n) is 7.20. The molecule has 0 unspecified atom stereocenters. The van der Waals surface area contributed by atoms with Gasteiger partial charge < -0.3 is 19.4 Å². The van der Waals surface area contributed by atoms with E-state index in [0.29, 0.717) is 18.2 Å². The summed E-state index contributed by atoms with van der Waals surface area (Å²) in [5.41, 5.74) is 0.897. The summed E-state index contributed by atoms with van der Waals surface area (Å²) in [6.45, 7) is 0.795. The Kier molecular flexibility index (Phi) is 6.58. The molecule has 2 aromatic rings. The van der Waals surface area contributed by atoms with Gasteiger partial charge in [-0.1, -0.05) is 23.7 Å². The number of carbonyl (C=O) groups excluding carboxylic acids is 1. The number of benzene rings is 1. The van der Waals surface area contributed by atoms with E-state index in [9.17, 15) is 4.79 Å². The van der Waals surface area contributed by atoms with Crippen LogP contribution in [0.2, 0.25) is 5.02 Å². The number of aromatic nitrogens is 2. The van der Waals surface area contributed by atoms with Crippen molar-refractivity contribution in [1.82, 2.24) is 14.9 Å². The van der Waals surface area contributed by atoms with E-state index in [4.69, 9.17) is 21.1 Å². The molecule has 124 valence electrons. The average molecular weight is 338 g/mol. The monoisotopic (exact) mass is 337 g/mol. The Bertz CT molecular complexity index is 628. The highest BCUT2D eigenvalue weighted by molar-refractivity contribution is 6.30. The van der Waals surface area contributed by atoms with E-state index in [0.717, 1.165) is 11.4 Å². The maximum absolute atomic E-state index is 12.1. The number of ether oxygens (including phenoxy) is 2. The first kappa shape index (κ1) is 17.5. The number of hydrogen-bond donors (Lipinski definition) is 1. The van der Waals surface area contributed by atoms with E-state index >= 15 is 0 Å². The molecule has 0 aliphatic carbocycles. The number of halogens is 1. The summed E-state index contributed by atoms with van der Waals surface area (Å²) in [5, 5.41) is 3.58. The van der Waals surface area contributed by atoms with Crippen molar-refractivity contribution in [1.29, 1.82) is 0 Å². The van der Waals surface area contributed by atoms with Crippen LogP contribution in [0, 0.1) is 0 Å². The van der Waals surface area contributed by atoms with Gasteiger partial charge in [0.15, 0.2) is 0 Å². The molecule has 0 radical (unpaired) electrons. The van der Waals surface area contributed by atoms with E-state index in [2.05, 4.69) is 10.3 Å². The zero-order valence-electron chi connectivity index (χ0n) is 13.2. The smallest absolute Gasteiger partial charge is 0.246 e. The molecule has 1 aromatic carbocycles. The standard InChI is InChI=1S/C16H20ClN3O3/c1-20-8-7-18-16(20)15(12-3-5-13(17)6-4-12)19-14(21)11-23-10-9-22-2/h3-8,15H,9-11H2,1-2H3,(H,19,21)/t15-/m0/s1. The molecule has 1 N–H and O–H groups in total. The summed E-state index contributed by atoms with van der Waals surface area (Å²) in [7, 11) is 3.47. The molecule has 7 heteroatoms. The van der Waals surface area contributed by atoms with Crippen LogP contribution in [0.5, 0.6) is 0 Å². The second-order valence-corrected chi connectivity index (χ2v) is 5.43. The van der Waals surface area contributed by atoms with E-state index < -0.39 is 0 Å². The van der Waals surface area contributed by atoms with Crippen molar-refractivity contribution in [2.45, 2.75) is 6.04 Å². The second kappa shape index (κ2) is 8.67. The van der Waals surface area contributed by atoms with Crippen molar-refractivity contribution < 1.29 is 14.3 Å². The fraction of sp³-hybridized carbons (Fsp3) is 0.375.